The molecule has 0 heterocycles. The molecule has 0 radical (unpaired) electrons. The Morgan fingerprint density at radius 2 is 1.00 bits per heavy atom. The predicted octanol–water partition coefficient (Wildman–Crippen LogP) is 5.52. The zero-order chi connectivity index (χ0) is 6.04. The lowest BCUT2D eigenvalue weighted by Gasteiger charge is -2.28. The fourth-order valence-electron chi connectivity index (χ4n) is 1.51. The third-order valence-corrected chi connectivity index (χ3v) is 2.21. The van der Waals surface area contributed by atoms with E-state index in [1.54, 1.807) is 0 Å². The molecule has 0 aromatic rings. The summed E-state index contributed by atoms with van der Waals surface area (Å²) in [6.07, 6.45) is 7.31. The van der Waals surface area contributed by atoms with Gasteiger partial charge in [0.05, 0.1) is 0 Å². The minimum atomic E-state index is 0. The molecule has 1 aliphatic carbocycles. The predicted molar refractivity (Wildman–Crippen MR) is 63.8 cm³/mol. The standard InChI is InChI=1S/C8H16.4CH4/c1-8(2)6-4-3-5-7-8;;;;/h3-7H2,1-2H3;4*1H4. The number of hydrogen-bond donors (Lipinski definition) is 0. The topological polar surface area (TPSA) is 0 Å². The Morgan fingerprint density at radius 1 is 0.667 bits per heavy atom. The summed E-state index contributed by atoms with van der Waals surface area (Å²) >= 11 is 0. The molecule has 1 fully saturated rings. The molecule has 0 bridgehead atoms. The molecule has 0 heteroatoms. The molecular formula is C12H32. The van der Waals surface area contributed by atoms with Gasteiger partial charge in [0.15, 0.2) is 0 Å². The van der Waals surface area contributed by atoms with Gasteiger partial charge in [-0.15, -0.1) is 0 Å². The van der Waals surface area contributed by atoms with Crippen LogP contribution >= 0.6 is 0 Å². The van der Waals surface area contributed by atoms with Crippen LogP contribution in [0.5, 0.6) is 0 Å². The largest absolute Gasteiger partial charge is 0.0776 e. The zero-order valence-electron chi connectivity index (χ0n) is 6.04. The third-order valence-electron chi connectivity index (χ3n) is 2.21. The van der Waals surface area contributed by atoms with Gasteiger partial charge in [-0.25, -0.2) is 0 Å². The van der Waals surface area contributed by atoms with Crippen LogP contribution in [0, 0.1) is 5.41 Å². The quantitative estimate of drug-likeness (QED) is 0.456. The fraction of sp³-hybridized carbons (Fsp3) is 1.00. The van der Waals surface area contributed by atoms with E-state index in [4.69, 9.17) is 0 Å². The summed E-state index contributed by atoms with van der Waals surface area (Å²) in [5, 5.41) is 0. The first-order chi connectivity index (χ1) is 3.71. The van der Waals surface area contributed by atoms with Crippen LogP contribution in [0.4, 0.5) is 0 Å². The molecule has 1 aliphatic rings. The Labute approximate surface area is 81.8 Å². The van der Waals surface area contributed by atoms with Crippen molar-refractivity contribution in [1.29, 1.82) is 0 Å². The van der Waals surface area contributed by atoms with Crippen molar-refractivity contribution in [3.05, 3.63) is 0 Å². The van der Waals surface area contributed by atoms with Gasteiger partial charge < -0.3 is 0 Å². The van der Waals surface area contributed by atoms with Crippen molar-refractivity contribution in [1.82, 2.24) is 0 Å². The Bertz CT molecular complexity index is 64.1. The van der Waals surface area contributed by atoms with Crippen LogP contribution in [0.25, 0.3) is 0 Å². The average Bonchev–Trinajstić information content (AvgIpc) is 1.65. The first kappa shape index (κ1) is 22.7. The third kappa shape index (κ3) is 8.10. The van der Waals surface area contributed by atoms with Gasteiger partial charge in [0.1, 0.15) is 0 Å². The molecule has 0 aromatic heterocycles. The molecule has 1 rings (SSSR count). The van der Waals surface area contributed by atoms with Crippen LogP contribution in [0.3, 0.4) is 0 Å². The van der Waals surface area contributed by atoms with Gasteiger partial charge in [-0.2, -0.15) is 0 Å². The van der Waals surface area contributed by atoms with Crippen molar-refractivity contribution in [2.75, 3.05) is 0 Å². The van der Waals surface area contributed by atoms with Crippen molar-refractivity contribution < 1.29 is 0 Å². The Balaban J connectivity index is -0.0000000800. The molecule has 0 unspecified atom stereocenters. The summed E-state index contributed by atoms with van der Waals surface area (Å²) in [6, 6.07) is 0. The van der Waals surface area contributed by atoms with Gasteiger partial charge in [0.25, 0.3) is 0 Å². The van der Waals surface area contributed by atoms with Crippen LogP contribution in [0.1, 0.15) is 75.7 Å². The smallest absolute Gasteiger partial charge is 0.0354 e. The van der Waals surface area contributed by atoms with Crippen LogP contribution in [0.2, 0.25) is 0 Å². The molecular weight excluding hydrogens is 144 g/mol. The molecule has 0 nitrogen and oxygen atoms in total. The van der Waals surface area contributed by atoms with E-state index in [0.717, 1.165) is 0 Å². The second-order valence-corrected chi connectivity index (χ2v) is 3.72. The van der Waals surface area contributed by atoms with Crippen molar-refractivity contribution in [2.45, 2.75) is 75.7 Å². The van der Waals surface area contributed by atoms with Gasteiger partial charge in [-0.1, -0.05) is 62.8 Å². The van der Waals surface area contributed by atoms with E-state index in [1.165, 1.54) is 32.1 Å². The molecule has 0 aliphatic heterocycles. The van der Waals surface area contributed by atoms with E-state index in [2.05, 4.69) is 13.8 Å². The minimum absolute atomic E-state index is 0. The van der Waals surface area contributed by atoms with E-state index in [0.29, 0.717) is 5.41 Å². The van der Waals surface area contributed by atoms with Crippen molar-refractivity contribution in [3.8, 4) is 0 Å². The summed E-state index contributed by atoms with van der Waals surface area (Å²) in [5.74, 6) is 0. The lowest BCUT2D eigenvalue weighted by atomic mass is 9.78. The molecule has 0 spiro atoms. The van der Waals surface area contributed by atoms with Gasteiger partial charge in [0.2, 0.25) is 0 Å². The monoisotopic (exact) mass is 176 g/mol. The molecule has 0 saturated heterocycles. The molecule has 0 amide bonds. The maximum Gasteiger partial charge on any atom is -0.0354 e. The highest BCUT2D eigenvalue weighted by molar-refractivity contribution is 4.72. The van der Waals surface area contributed by atoms with Crippen LogP contribution in [-0.2, 0) is 0 Å². The molecule has 12 heavy (non-hydrogen) atoms. The van der Waals surface area contributed by atoms with Crippen LogP contribution in [-0.4, -0.2) is 0 Å². The van der Waals surface area contributed by atoms with Gasteiger partial charge in [-0.3, -0.25) is 0 Å². The van der Waals surface area contributed by atoms with E-state index in [-0.39, 0.29) is 29.7 Å². The second-order valence-electron chi connectivity index (χ2n) is 3.72. The first-order valence-electron chi connectivity index (χ1n) is 3.71. The first-order valence-corrected chi connectivity index (χ1v) is 3.71. The van der Waals surface area contributed by atoms with Crippen molar-refractivity contribution in [2.24, 2.45) is 5.41 Å². The number of hydrogen-bond acceptors (Lipinski definition) is 0. The summed E-state index contributed by atoms with van der Waals surface area (Å²) in [7, 11) is 0. The lowest BCUT2D eigenvalue weighted by Crippen LogP contribution is -2.14. The lowest BCUT2D eigenvalue weighted by molar-refractivity contribution is 0.244. The summed E-state index contributed by atoms with van der Waals surface area (Å²) in [4.78, 5) is 0. The highest BCUT2D eigenvalue weighted by atomic mass is 14.3. The van der Waals surface area contributed by atoms with Crippen molar-refractivity contribution >= 4 is 0 Å². The molecule has 1 saturated carbocycles. The fourth-order valence-corrected chi connectivity index (χ4v) is 1.51. The number of rotatable bonds is 0. The molecule has 80 valence electrons. The van der Waals surface area contributed by atoms with E-state index in [9.17, 15) is 0 Å². The van der Waals surface area contributed by atoms with Crippen LogP contribution < -0.4 is 0 Å². The Kier molecular flexibility index (Phi) is 17.2. The van der Waals surface area contributed by atoms with E-state index < -0.39 is 0 Å². The maximum atomic E-state index is 2.38. The molecule has 0 aromatic carbocycles. The summed E-state index contributed by atoms with van der Waals surface area (Å²) in [6.45, 7) is 4.76. The van der Waals surface area contributed by atoms with Gasteiger partial charge in [0, 0.05) is 0 Å². The van der Waals surface area contributed by atoms with Crippen molar-refractivity contribution in [3.63, 3.8) is 0 Å². The Morgan fingerprint density at radius 3 is 1.17 bits per heavy atom. The second kappa shape index (κ2) is 9.09. The zero-order valence-corrected chi connectivity index (χ0v) is 6.04. The Hall–Kier alpha value is 0. The highest BCUT2D eigenvalue weighted by Gasteiger charge is 2.19. The van der Waals surface area contributed by atoms with Gasteiger partial charge >= 0.3 is 0 Å². The summed E-state index contributed by atoms with van der Waals surface area (Å²) in [5.41, 5.74) is 0.679. The maximum absolute atomic E-state index is 2.38. The molecule has 0 N–H and O–H groups in total. The van der Waals surface area contributed by atoms with Gasteiger partial charge in [-0.05, 0) is 18.3 Å². The van der Waals surface area contributed by atoms with E-state index >= 15 is 0 Å². The highest BCUT2D eigenvalue weighted by Crippen LogP contribution is 2.34. The minimum Gasteiger partial charge on any atom is -0.0776 e. The average molecular weight is 176 g/mol. The van der Waals surface area contributed by atoms with Crippen LogP contribution in [0.15, 0.2) is 0 Å². The normalized spacial score (nSPS) is 18.5. The molecule has 0 atom stereocenters. The van der Waals surface area contributed by atoms with E-state index in [1.807, 2.05) is 0 Å². The SMILES string of the molecule is C.C.C.C.CC1(C)CCCCC1. The summed E-state index contributed by atoms with van der Waals surface area (Å²) < 4.78 is 0.